The molecule has 3 nitrogen and oxygen atoms in total. The Morgan fingerprint density at radius 3 is 2.27 bits per heavy atom. The first-order valence-electron chi connectivity index (χ1n) is 4.69. The molecule has 0 saturated heterocycles. The quantitative estimate of drug-likeness (QED) is 0.314. The van der Waals surface area contributed by atoms with Gasteiger partial charge in [0.25, 0.3) is 0 Å². The molecule has 2 aromatic carbocycles. The number of benzene rings is 2. The summed E-state index contributed by atoms with van der Waals surface area (Å²) >= 11 is 0. The van der Waals surface area contributed by atoms with Gasteiger partial charge in [-0.2, -0.15) is 0 Å². The zero-order valence-corrected chi connectivity index (χ0v) is 7.88. The average molecular weight is 193 g/mol. The number of rotatable bonds is 1. The van der Waals surface area contributed by atoms with Crippen LogP contribution in [0.3, 0.4) is 0 Å². The van der Waals surface area contributed by atoms with Crippen LogP contribution >= 0.6 is 0 Å². The summed E-state index contributed by atoms with van der Waals surface area (Å²) in [5.74, 6) is 0. The lowest BCUT2D eigenvalue weighted by molar-refractivity contribution is 1.44. The van der Waals surface area contributed by atoms with Gasteiger partial charge in [0.15, 0.2) is 0 Å². The second-order valence-corrected chi connectivity index (χ2v) is 3.46. The normalized spacial score (nSPS) is 10.7. The molecule has 3 heteroatoms. The van der Waals surface area contributed by atoms with Gasteiger partial charge in [-0.1, -0.05) is 41.5 Å². The molecule has 2 aromatic rings. The summed E-state index contributed by atoms with van der Waals surface area (Å²) in [6.45, 7) is 0. The number of fused-ring (bicyclic) bond motifs is 4. The van der Waals surface area contributed by atoms with E-state index in [1.165, 1.54) is 22.3 Å². The van der Waals surface area contributed by atoms with Gasteiger partial charge in [0.1, 0.15) is 0 Å². The van der Waals surface area contributed by atoms with Gasteiger partial charge in [-0.05, 0) is 33.9 Å². The predicted octanol–water partition coefficient (Wildman–Crippen LogP) is 4.28. The molecule has 0 atom stereocenters. The zero-order chi connectivity index (χ0) is 10.3. The van der Waals surface area contributed by atoms with Crippen LogP contribution in [-0.2, 0) is 0 Å². The molecule has 1 aliphatic rings. The van der Waals surface area contributed by atoms with Crippen LogP contribution in [0, 0.1) is 0 Å². The molecule has 0 heterocycles. The number of hydrogen-bond acceptors (Lipinski definition) is 1. The smallest absolute Gasteiger partial charge is 0.0381 e. The molecule has 0 N–H and O–H groups in total. The summed E-state index contributed by atoms with van der Waals surface area (Å²) in [5, 5.41) is 3.60. The highest BCUT2D eigenvalue weighted by molar-refractivity contribution is 6.03. The van der Waals surface area contributed by atoms with Crippen LogP contribution in [0.2, 0.25) is 0 Å². The summed E-state index contributed by atoms with van der Waals surface area (Å²) < 4.78 is 0. The van der Waals surface area contributed by atoms with Crippen molar-refractivity contribution in [3.8, 4) is 22.3 Å². The first-order valence-corrected chi connectivity index (χ1v) is 4.69. The molecule has 0 unspecified atom stereocenters. The maximum Gasteiger partial charge on any atom is 0.0381 e. The summed E-state index contributed by atoms with van der Waals surface area (Å²) in [4.78, 5) is 2.78. The van der Waals surface area contributed by atoms with Gasteiger partial charge in [0, 0.05) is 10.6 Å². The van der Waals surface area contributed by atoms with E-state index in [0.29, 0.717) is 5.69 Å². The van der Waals surface area contributed by atoms with Crippen LogP contribution < -0.4 is 0 Å². The first kappa shape index (κ1) is 8.09. The third-order valence-corrected chi connectivity index (χ3v) is 2.67. The molecule has 0 radical (unpaired) electrons. The molecule has 0 bridgehead atoms. The Morgan fingerprint density at radius 1 is 0.867 bits per heavy atom. The monoisotopic (exact) mass is 193 g/mol. The molecule has 0 aliphatic heterocycles. The highest BCUT2D eigenvalue weighted by Crippen LogP contribution is 2.47. The van der Waals surface area contributed by atoms with E-state index < -0.39 is 0 Å². The third-order valence-electron chi connectivity index (χ3n) is 2.67. The Balaban J connectivity index is 2.18. The largest absolute Gasteiger partial charge is 0.0616 e. The van der Waals surface area contributed by atoms with Gasteiger partial charge in [0.05, 0.1) is 0 Å². The molecule has 0 saturated carbocycles. The lowest BCUT2D eigenvalue weighted by atomic mass is 9.80. The molecular formula is C12H7N3. The van der Waals surface area contributed by atoms with Gasteiger partial charge in [-0.3, -0.25) is 0 Å². The lowest BCUT2D eigenvalue weighted by Crippen LogP contribution is -1.96. The Hall–Kier alpha value is -2.25. The number of hydrogen-bond donors (Lipinski definition) is 0. The van der Waals surface area contributed by atoms with Crippen molar-refractivity contribution < 1.29 is 0 Å². The van der Waals surface area contributed by atoms with Crippen LogP contribution in [0.4, 0.5) is 5.69 Å². The topological polar surface area (TPSA) is 48.8 Å². The standard InChI is InChI=1S/C12H7N3/c13-15-14-8-5-6-11-9-3-1-2-4-10(9)12(11)7-8/h1-7H. The Labute approximate surface area is 86.6 Å². The first-order chi connectivity index (χ1) is 7.40. The fraction of sp³-hybridized carbons (Fsp3) is 0. The van der Waals surface area contributed by atoms with Crippen molar-refractivity contribution in [1.82, 2.24) is 0 Å². The molecule has 3 rings (SSSR count). The van der Waals surface area contributed by atoms with Crippen molar-refractivity contribution in [3.63, 3.8) is 0 Å². The van der Waals surface area contributed by atoms with Gasteiger partial charge in [0.2, 0.25) is 0 Å². The van der Waals surface area contributed by atoms with Crippen molar-refractivity contribution in [1.29, 1.82) is 0 Å². The van der Waals surface area contributed by atoms with E-state index in [2.05, 4.69) is 22.2 Å². The van der Waals surface area contributed by atoms with Gasteiger partial charge >= 0.3 is 0 Å². The van der Waals surface area contributed by atoms with Crippen LogP contribution in [0.15, 0.2) is 47.6 Å². The van der Waals surface area contributed by atoms with E-state index >= 15 is 0 Å². The summed E-state index contributed by atoms with van der Waals surface area (Å²) in [5.41, 5.74) is 14.0. The van der Waals surface area contributed by atoms with E-state index in [-0.39, 0.29) is 0 Å². The molecule has 0 aromatic heterocycles. The fourth-order valence-electron chi connectivity index (χ4n) is 1.99. The van der Waals surface area contributed by atoms with Crippen molar-refractivity contribution in [2.45, 2.75) is 0 Å². The van der Waals surface area contributed by atoms with Crippen molar-refractivity contribution in [2.24, 2.45) is 5.11 Å². The molecule has 0 fully saturated rings. The maximum absolute atomic E-state index is 8.35. The fourth-order valence-corrected chi connectivity index (χ4v) is 1.99. The lowest BCUT2D eigenvalue weighted by Gasteiger charge is -2.23. The average Bonchev–Trinajstić information content (AvgIpc) is 2.27. The van der Waals surface area contributed by atoms with E-state index in [1.54, 1.807) is 0 Å². The molecule has 0 amide bonds. The van der Waals surface area contributed by atoms with E-state index in [0.717, 1.165) is 0 Å². The van der Waals surface area contributed by atoms with Crippen molar-refractivity contribution in [2.75, 3.05) is 0 Å². The van der Waals surface area contributed by atoms with Crippen molar-refractivity contribution in [3.05, 3.63) is 52.9 Å². The Bertz CT molecular complexity index is 596. The van der Waals surface area contributed by atoms with Crippen LogP contribution in [-0.4, -0.2) is 0 Å². The van der Waals surface area contributed by atoms with E-state index in [4.69, 9.17) is 5.53 Å². The summed E-state index contributed by atoms with van der Waals surface area (Å²) in [6, 6.07) is 14.0. The number of azide groups is 1. The zero-order valence-electron chi connectivity index (χ0n) is 7.88. The van der Waals surface area contributed by atoms with Crippen LogP contribution in [0.1, 0.15) is 0 Å². The van der Waals surface area contributed by atoms with E-state index in [1.807, 2.05) is 30.3 Å². The molecule has 15 heavy (non-hydrogen) atoms. The van der Waals surface area contributed by atoms with Gasteiger partial charge in [-0.15, -0.1) is 0 Å². The molecule has 70 valence electrons. The molecule has 0 spiro atoms. The minimum absolute atomic E-state index is 0.672. The molecule has 1 aliphatic carbocycles. The van der Waals surface area contributed by atoms with Crippen LogP contribution in [0.5, 0.6) is 0 Å². The summed E-state index contributed by atoms with van der Waals surface area (Å²) in [7, 11) is 0. The minimum atomic E-state index is 0.672. The third kappa shape index (κ3) is 1.04. The maximum atomic E-state index is 8.35. The van der Waals surface area contributed by atoms with Crippen LogP contribution in [0.25, 0.3) is 32.7 Å². The van der Waals surface area contributed by atoms with E-state index in [9.17, 15) is 0 Å². The minimum Gasteiger partial charge on any atom is -0.0616 e. The molecular weight excluding hydrogens is 186 g/mol. The Kier molecular flexibility index (Phi) is 1.55. The number of nitrogens with zero attached hydrogens (tertiary/aromatic N) is 3. The van der Waals surface area contributed by atoms with Gasteiger partial charge < -0.3 is 0 Å². The SMILES string of the molecule is [N-]=[N+]=Nc1ccc2c(c1)-c1ccccc1-2. The Morgan fingerprint density at radius 2 is 1.53 bits per heavy atom. The summed E-state index contributed by atoms with van der Waals surface area (Å²) in [6.07, 6.45) is 0. The second kappa shape index (κ2) is 2.87. The van der Waals surface area contributed by atoms with Crippen molar-refractivity contribution >= 4 is 5.69 Å². The van der Waals surface area contributed by atoms with Gasteiger partial charge in [-0.25, -0.2) is 0 Å². The predicted molar refractivity (Wildman–Crippen MR) is 59.7 cm³/mol. The second-order valence-electron chi connectivity index (χ2n) is 3.46. The highest BCUT2D eigenvalue weighted by atomic mass is 15.1. The highest BCUT2D eigenvalue weighted by Gasteiger charge is 2.20.